The van der Waals surface area contributed by atoms with Crippen molar-refractivity contribution in [2.45, 2.75) is 33.2 Å². The molecule has 5 nitrogen and oxygen atoms in total. The summed E-state index contributed by atoms with van der Waals surface area (Å²) in [6, 6.07) is 6.50. The second-order valence-corrected chi connectivity index (χ2v) is 6.50. The maximum atomic E-state index is 11.9. The van der Waals surface area contributed by atoms with Crippen LogP contribution in [0.2, 0.25) is 0 Å². The smallest absolute Gasteiger partial charge is 0.315 e. The summed E-state index contributed by atoms with van der Waals surface area (Å²) in [6.45, 7) is 6.42. The lowest BCUT2D eigenvalue weighted by molar-refractivity contribution is 0.238. The summed E-state index contributed by atoms with van der Waals surface area (Å²) in [5, 5.41) is 16.2. The second-order valence-electron chi connectivity index (χ2n) is 5.21. The van der Waals surface area contributed by atoms with E-state index < -0.39 is 0 Å². The van der Waals surface area contributed by atoms with Crippen molar-refractivity contribution in [3.63, 3.8) is 0 Å². The van der Waals surface area contributed by atoms with Crippen LogP contribution in [0.1, 0.15) is 34.1 Å². The molecule has 0 saturated carbocycles. The zero-order valence-corrected chi connectivity index (χ0v) is 13.8. The predicted molar refractivity (Wildman–Crippen MR) is 88.3 cm³/mol. The molecule has 22 heavy (non-hydrogen) atoms. The van der Waals surface area contributed by atoms with E-state index in [0.717, 1.165) is 22.7 Å². The molecule has 1 aromatic heterocycles. The van der Waals surface area contributed by atoms with Crippen molar-refractivity contribution in [1.29, 1.82) is 0 Å². The third-order valence-electron chi connectivity index (χ3n) is 3.36. The standard InChI is InChI=1S/C16H21N3O2S/c1-10(13-5-4-6-14(20)9-13)19-16(21)17-8-7-15-11(2)18-12(3)22-15/h4-6,9-10,20H,7-8H2,1-3H3,(H2,17,19,21)/t10-/m0/s1. The number of nitrogens with zero attached hydrogens (tertiary/aromatic N) is 1. The first kappa shape index (κ1) is 16.3. The van der Waals surface area contributed by atoms with Crippen molar-refractivity contribution >= 4 is 17.4 Å². The molecule has 0 saturated heterocycles. The number of thiazole rings is 1. The normalized spacial score (nSPS) is 12.0. The average Bonchev–Trinajstić information content (AvgIpc) is 2.77. The molecule has 2 rings (SSSR count). The van der Waals surface area contributed by atoms with Crippen molar-refractivity contribution in [1.82, 2.24) is 15.6 Å². The number of nitrogens with one attached hydrogen (secondary N) is 2. The van der Waals surface area contributed by atoms with Crippen molar-refractivity contribution in [2.75, 3.05) is 6.54 Å². The van der Waals surface area contributed by atoms with Gasteiger partial charge in [-0.25, -0.2) is 9.78 Å². The number of rotatable bonds is 5. The number of aryl methyl sites for hydroxylation is 2. The van der Waals surface area contributed by atoms with Gasteiger partial charge < -0.3 is 15.7 Å². The summed E-state index contributed by atoms with van der Waals surface area (Å²) in [4.78, 5) is 17.5. The van der Waals surface area contributed by atoms with Crippen LogP contribution >= 0.6 is 11.3 Å². The van der Waals surface area contributed by atoms with E-state index in [4.69, 9.17) is 0 Å². The molecule has 0 unspecified atom stereocenters. The molecule has 0 aliphatic rings. The molecule has 1 aromatic carbocycles. The summed E-state index contributed by atoms with van der Waals surface area (Å²) in [5.41, 5.74) is 1.90. The van der Waals surface area contributed by atoms with Crippen LogP contribution in [-0.2, 0) is 6.42 Å². The molecule has 0 aliphatic heterocycles. The summed E-state index contributed by atoms with van der Waals surface area (Å²) >= 11 is 1.67. The molecule has 0 fully saturated rings. The first-order chi connectivity index (χ1) is 10.5. The highest BCUT2D eigenvalue weighted by molar-refractivity contribution is 7.11. The number of carbonyl (C=O) groups is 1. The molecule has 2 aromatic rings. The fraction of sp³-hybridized carbons (Fsp3) is 0.375. The largest absolute Gasteiger partial charge is 0.508 e. The lowest BCUT2D eigenvalue weighted by Gasteiger charge is -2.15. The van der Waals surface area contributed by atoms with Gasteiger partial charge in [0, 0.05) is 17.8 Å². The summed E-state index contributed by atoms with van der Waals surface area (Å²) in [7, 11) is 0. The topological polar surface area (TPSA) is 74.2 Å². The van der Waals surface area contributed by atoms with Crippen LogP contribution in [0.15, 0.2) is 24.3 Å². The molecule has 0 bridgehead atoms. The summed E-state index contributed by atoms with van der Waals surface area (Å²) in [6.07, 6.45) is 0.783. The highest BCUT2D eigenvalue weighted by atomic mass is 32.1. The molecule has 0 radical (unpaired) electrons. The minimum Gasteiger partial charge on any atom is -0.508 e. The lowest BCUT2D eigenvalue weighted by Crippen LogP contribution is -2.38. The Hall–Kier alpha value is -2.08. The molecule has 0 aliphatic carbocycles. The van der Waals surface area contributed by atoms with Crippen LogP contribution in [0.5, 0.6) is 5.75 Å². The van der Waals surface area contributed by atoms with Gasteiger partial charge in [-0.05, 0) is 38.5 Å². The molecule has 6 heteroatoms. The first-order valence-electron chi connectivity index (χ1n) is 7.22. The highest BCUT2D eigenvalue weighted by Crippen LogP contribution is 2.18. The molecule has 0 spiro atoms. The van der Waals surface area contributed by atoms with Crippen LogP contribution in [0.25, 0.3) is 0 Å². The first-order valence-corrected chi connectivity index (χ1v) is 8.03. The van der Waals surface area contributed by atoms with Crippen molar-refractivity contribution < 1.29 is 9.90 Å². The van der Waals surface area contributed by atoms with Crippen LogP contribution in [0.3, 0.4) is 0 Å². The number of hydrogen-bond acceptors (Lipinski definition) is 4. The molecule has 118 valence electrons. The Morgan fingerprint density at radius 1 is 1.41 bits per heavy atom. The van der Waals surface area contributed by atoms with Gasteiger partial charge in [-0.2, -0.15) is 0 Å². The molecule has 3 N–H and O–H groups in total. The van der Waals surface area contributed by atoms with Crippen molar-refractivity contribution in [3.8, 4) is 5.75 Å². The lowest BCUT2D eigenvalue weighted by atomic mass is 10.1. The number of phenolic OH excluding ortho intramolecular Hbond substituents is 1. The van der Waals surface area contributed by atoms with Crippen LogP contribution in [0, 0.1) is 13.8 Å². The monoisotopic (exact) mass is 319 g/mol. The van der Waals surface area contributed by atoms with Crippen molar-refractivity contribution in [2.24, 2.45) is 0 Å². The molecule has 1 heterocycles. The van der Waals surface area contributed by atoms with Crippen LogP contribution in [0.4, 0.5) is 4.79 Å². The Labute approximate surface area is 134 Å². The third-order valence-corrected chi connectivity index (χ3v) is 4.49. The number of hydrogen-bond donors (Lipinski definition) is 3. The zero-order chi connectivity index (χ0) is 16.1. The predicted octanol–water partition coefficient (Wildman–Crippen LogP) is 3.07. The average molecular weight is 319 g/mol. The number of amides is 2. The fourth-order valence-corrected chi connectivity index (χ4v) is 3.16. The number of carbonyl (C=O) groups excluding carboxylic acids is 1. The quantitative estimate of drug-likeness (QED) is 0.793. The molecule has 1 atom stereocenters. The maximum absolute atomic E-state index is 11.9. The van der Waals surface area contributed by atoms with E-state index >= 15 is 0 Å². The SMILES string of the molecule is Cc1nc(C)c(CCNC(=O)N[C@@H](C)c2cccc(O)c2)s1. The Morgan fingerprint density at radius 2 is 2.18 bits per heavy atom. The number of benzene rings is 1. The number of aromatic nitrogens is 1. The maximum Gasteiger partial charge on any atom is 0.315 e. The third kappa shape index (κ3) is 4.46. The van der Waals surface area contributed by atoms with Gasteiger partial charge in [0.25, 0.3) is 0 Å². The van der Waals surface area contributed by atoms with Gasteiger partial charge in [0.15, 0.2) is 0 Å². The number of urea groups is 1. The van der Waals surface area contributed by atoms with Gasteiger partial charge in [-0.1, -0.05) is 12.1 Å². The van der Waals surface area contributed by atoms with E-state index in [1.54, 1.807) is 29.5 Å². The van der Waals surface area contributed by atoms with Crippen LogP contribution < -0.4 is 10.6 Å². The van der Waals surface area contributed by atoms with Gasteiger partial charge in [0.05, 0.1) is 16.7 Å². The molecular formula is C16H21N3O2S. The van der Waals surface area contributed by atoms with E-state index in [0.29, 0.717) is 6.54 Å². The Bertz CT molecular complexity index is 655. The van der Waals surface area contributed by atoms with E-state index in [-0.39, 0.29) is 17.8 Å². The van der Waals surface area contributed by atoms with Gasteiger partial charge in [0.2, 0.25) is 0 Å². The minimum absolute atomic E-state index is 0.167. The molecular weight excluding hydrogens is 298 g/mol. The van der Waals surface area contributed by atoms with E-state index in [1.165, 1.54) is 4.88 Å². The van der Waals surface area contributed by atoms with E-state index in [1.807, 2.05) is 26.8 Å². The summed E-state index contributed by atoms with van der Waals surface area (Å²) < 4.78 is 0. The van der Waals surface area contributed by atoms with Gasteiger partial charge in [0.1, 0.15) is 5.75 Å². The Balaban J connectivity index is 1.79. The Kier molecular flexibility index (Phi) is 5.38. The van der Waals surface area contributed by atoms with E-state index in [9.17, 15) is 9.90 Å². The van der Waals surface area contributed by atoms with E-state index in [2.05, 4.69) is 15.6 Å². The minimum atomic E-state index is -0.213. The van der Waals surface area contributed by atoms with Gasteiger partial charge in [-0.3, -0.25) is 0 Å². The molecule has 2 amide bonds. The van der Waals surface area contributed by atoms with Gasteiger partial charge >= 0.3 is 6.03 Å². The second kappa shape index (κ2) is 7.26. The zero-order valence-electron chi connectivity index (χ0n) is 13.0. The Morgan fingerprint density at radius 3 is 2.82 bits per heavy atom. The van der Waals surface area contributed by atoms with Gasteiger partial charge in [-0.15, -0.1) is 11.3 Å². The summed E-state index contributed by atoms with van der Waals surface area (Å²) in [5.74, 6) is 0.197. The number of aromatic hydroxyl groups is 1. The number of phenols is 1. The van der Waals surface area contributed by atoms with Crippen LogP contribution in [-0.4, -0.2) is 22.7 Å². The highest BCUT2D eigenvalue weighted by Gasteiger charge is 2.10. The fourth-order valence-electron chi connectivity index (χ4n) is 2.22. The van der Waals surface area contributed by atoms with Crippen molar-refractivity contribution in [3.05, 3.63) is 45.4 Å².